The van der Waals surface area contributed by atoms with Crippen LogP contribution in [0, 0.1) is 11.8 Å². The summed E-state index contributed by atoms with van der Waals surface area (Å²) < 4.78 is 0. The fraction of sp³-hybridized carbons (Fsp3) is 0.875. The molecule has 1 aliphatic carbocycles. The van der Waals surface area contributed by atoms with Crippen molar-refractivity contribution in [1.29, 1.82) is 0 Å². The summed E-state index contributed by atoms with van der Waals surface area (Å²) in [6.45, 7) is 8.82. The minimum absolute atomic E-state index is 0.0158. The molecule has 20 heavy (non-hydrogen) atoms. The van der Waals surface area contributed by atoms with Crippen LogP contribution < -0.4 is 5.32 Å². The number of piperazine rings is 1. The van der Waals surface area contributed by atoms with Gasteiger partial charge >= 0.3 is 0 Å². The number of nitrogens with zero attached hydrogens (tertiary/aromatic N) is 1. The fourth-order valence-corrected chi connectivity index (χ4v) is 3.61. The predicted octanol–water partition coefficient (Wildman–Crippen LogP) is 2.33. The molecule has 0 radical (unpaired) electrons. The van der Waals surface area contributed by atoms with Gasteiger partial charge < -0.3 is 10.2 Å². The van der Waals surface area contributed by atoms with E-state index in [1.807, 2.05) is 25.7 Å². The van der Waals surface area contributed by atoms with Gasteiger partial charge in [0.2, 0.25) is 11.8 Å². The third-order valence-corrected chi connectivity index (χ3v) is 5.37. The van der Waals surface area contributed by atoms with Gasteiger partial charge in [0.25, 0.3) is 0 Å². The lowest BCUT2D eigenvalue weighted by Gasteiger charge is -2.45. The largest absolute Gasteiger partial charge is 0.340 e. The Morgan fingerprint density at radius 3 is 2.50 bits per heavy atom. The summed E-state index contributed by atoms with van der Waals surface area (Å²) in [5.41, 5.74) is -0.718. The van der Waals surface area contributed by atoms with Crippen molar-refractivity contribution in [1.82, 2.24) is 10.2 Å². The highest BCUT2D eigenvalue weighted by Crippen LogP contribution is 2.34. The monoisotopic (exact) mass is 280 g/mol. The van der Waals surface area contributed by atoms with Crippen LogP contribution >= 0.6 is 0 Å². The van der Waals surface area contributed by atoms with Crippen LogP contribution in [0.4, 0.5) is 0 Å². The minimum Gasteiger partial charge on any atom is -0.340 e. The molecular formula is C16H28N2O2. The molecule has 4 unspecified atom stereocenters. The smallest absolute Gasteiger partial charge is 0.248 e. The molecule has 1 heterocycles. The van der Waals surface area contributed by atoms with E-state index in [-0.39, 0.29) is 17.9 Å². The van der Waals surface area contributed by atoms with Crippen LogP contribution in [-0.2, 0) is 9.59 Å². The van der Waals surface area contributed by atoms with E-state index in [0.717, 1.165) is 6.54 Å². The Hall–Kier alpha value is -1.06. The predicted molar refractivity (Wildman–Crippen MR) is 79.1 cm³/mol. The number of nitrogens with one attached hydrogen (secondary N) is 1. The van der Waals surface area contributed by atoms with E-state index in [0.29, 0.717) is 24.7 Å². The molecule has 0 aromatic heterocycles. The molecule has 4 atom stereocenters. The zero-order valence-electron chi connectivity index (χ0n) is 13.2. The molecule has 1 saturated carbocycles. The molecule has 4 nitrogen and oxygen atoms in total. The Balaban J connectivity index is 2.20. The van der Waals surface area contributed by atoms with Gasteiger partial charge in [-0.15, -0.1) is 0 Å². The van der Waals surface area contributed by atoms with Gasteiger partial charge in [-0.3, -0.25) is 9.59 Å². The zero-order chi connectivity index (χ0) is 14.9. The second kappa shape index (κ2) is 5.74. The van der Waals surface area contributed by atoms with Crippen molar-refractivity contribution in [3.8, 4) is 0 Å². The van der Waals surface area contributed by atoms with Gasteiger partial charge in [-0.2, -0.15) is 0 Å². The van der Waals surface area contributed by atoms with E-state index in [4.69, 9.17) is 0 Å². The molecule has 114 valence electrons. The molecule has 1 N–H and O–H groups in total. The van der Waals surface area contributed by atoms with Gasteiger partial charge in [0.15, 0.2) is 0 Å². The van der Waals surface area contributed by atoms with Crippen molar-refractivity contribution in [2.75, 3.05) is 6.54 Å². The van der Waals surface area contributed by atoms with Gasteiger partial charge in [-0.1, -0.05) is 33.6 Å². The lowest BCUT2D eigenvalue weighted by Crippen LogP contribution is -2.69. The molecule has 1 aliphatic heterocycles. The van der Waals surface area contributed by atoms with E-state index in [2.05, 4.69) is 12.2 Å². The Morgan fingerprint density at radius 1 is 1.30 bits per heavy atom. The molecule has 1 saturated heterocycles. The normalized spacial score (nSPS) is 38.2. The first kappa shape index (κ1) is 15.3. The third-order valence-electron chi connectivity index (χ3n) is 5.37. The lowest BCUT2D eigenvalue weighted by molar-refractivity contribution is -0.155. The van der Waals surface area contributed by atoms with Crippen LogP contribution in [0.15, 0.2) is 0 Å². The summed E-state index contributed by atoms with van der Waals surface area (Å²) in [6, 6.07) is -0.282. The number of rotatable bonds is 4. The average Bonchev–Trinajstić information content (AvgIpc) is 2.81. The summed E-state index contributed by atoms with van der Waals surface area (Å²) in [7, 11) is 0. The van der Waals surface area contributed by atoms with Gasteiger partial charge in [0, 0.05) is 6.54 Å². The fourth-order valence-electron chi connectivity index (χ4n) is 3.61. The molecule has 4 heteroatoms. The van der Waals surface area contributed by atoms with Crippen LogP contribution in [0.2, 0.25) is 0 Å². The highest BCUT2D eigenvalue weighted by molar-refractivity contribution is 5.99. The minimum atomic E-state index is -0.718. The quantitative estimate of drug-likeness (QED) is 0.859. The molecule has 0 spiro atoms. The molecule has 0 bridgehead atoms. The Kier molecular flexibility index (Phi) is 4.40. The van der Waals surface area contributed by atoms with Crippen LogP contribution in [0.5, 0.6) is 0 Å². The lowest BCUT2D eigenvalue weighted by atomic mass is 9.89. The second-order valence-corrected chi connectivity index (χ2v) is 6.72. The average molecular weight is 280 g/mol. The van der Waals surface area contributed by atoms with Crippen molar-refractivity contribution in [2.24, 2.45) is 11.8 Å². The Morgan fingerprint density at radius 2 is 2.00 bits per heavy atom. The highest BCUT2D eigenvalue weighted by atomic mass is 16.2. The first-order valence-corrected chi connectivity index (χ1v) is 8.06. The Bertz CT molecular complexity index is 396. The third kappa shape index (κ3) is 2.57. The van der Waals surface area contributed by atoms with Crippen LogP contribution in [0.3, 0.4) is 0 Å². The van der Waals surface area contributed by atoms with E-state index in [9.17, 15) is 9.59 Å². The maximum absolute atomic E-state index is 12.8. The summed E-state index contributed by atoms with van der Waals surface area (Å²) in [4.78, 5) is 27.0. The molecule has 2 amide bonds. The topological polar surface area (TPSA) is 49.4 Å². The summed E-state index contributed by atoms with van der Waals surface area (Å²) in [5, 5.41) is 2.93. The van der Waals surface area contributed by atoms with Crippen LogP contribution in [0.1, 0.15) is 59.8 Å². The first-order valence-electron chi connectivity index (χ1n) is 8.06. The van der Waals surface area contributed by atoms with E-state index in [1.54, 1.807) is 0 Å². The van der Waals surface area contributed by atoms with Crippen molar-refractivity contribution < 1.29 is 9.59 Å². The molecule has 0 aromatic carbocycles. The standard InChI is InChI=1S/C16H28N2O2/c1-5-13-14(19)17-16(4,6-2)15(20)18(13)10-12-9-7-8-11(12)3/h11-13H,5-10H2,1-4H3,(H,17,19). The van der Waals surface area contributed by atoms with Crippen LogP contribution in [0.25, 0.3) is 0 Å². The first-order chi connectivity index (χ1) is 9.42. The number of hydrogen-bond acceptors (Lipinski definition) is 2. The number of carbonyl (C=O) groups is 2. The highest BCUT2D eigenvalue weighted by Gasteiger charge is 2.47. The molecule has 2 fully saturated rings. The van der Waals surface area contributed by atoms with Gasteiger partial charge in [0.05, 0.1) is 0 Å². The molecule has 0 aromatic rings. The molecular weight excluding hydrogens is 252 g/mol. The van der Waals surface area contributed by atoms with Crippen LogP contribution in [-0.4, -0.2) is 34.8 Å². The van der Waals surface area contributed by atoms with Crippen molar-refractivity contribution in [3.63, 3.8) is 0 Å². The zero-order valence-corrected chi connectivity index (χ0v) is 13.2. The van der Waals surface area contributed by atoms with Crippen molar-refractivity contribution in [3.05, 3.63) is 0 Å². The summed E-state index contributed by atoms with van der Waals surface area (Å²) in [5.74, 6) is 1.34. The number of hydrogen-bond donors (Lipinski definition) is 1. The van der Waals surface area contributed by atoms with Gasteiger partial charge in [-0.25, -0.2) is 0 Å². The maximum Gasteiger partial charge on any atom is 0.248 e. The summed E-state index contributed by atoms with van der Waals surface area (Å²) in [6.07, 6.45) is 5.03. The molecule has 2 rings (SSSR count). The van der Waals surface area contributed by atoms with Gasteiger partial charge in [-0.05, 0) is 38.0 Å². The van der Waals surface area contributed by atoms with E-state index < -0.39 is 5.54 Å². The SMILES string of the molecule is CCC1C(=O)NC(C)(CC)C(=O)N1CC1CCCC1C. The van der Waals surface area contributed by atoms with Crippen molar-refractivity contribution >= 4 is 11.8 Å². The second-order valence-electron chi connectivity index (χ2n) is 6.72. The Labute approximate surface area is 122 Å². The number of carbonyl (C=O) groups excluding carboxylic acids is 2. The van der Waals surface area contributed by atoms with Gasteiger partial charge in [0.1, 0.15) is 11.6 Å². The number of amides is 2. The van der Waals surface area contributed by atoms with Crippen molar-refractivity contribution in [2.45, 2.75) is 71.4 Å². The summed E-state index contributed by atoms with van der Waals surface area (Å²) >= 11 is 0. The van der Waals surface area contributed by atoms with E-state index >= 15 is 0 Å². The molecule has 2 aliphatic rings. The maximum atomic E-state index is 12.8. The van der Waals surface area contributed by atoms with E-state index in [1.165, 1.54) is 19.3 Å².